The predicted molar refractivity (Wildman–Crippen MR) is 144 cm³/mol. The summed E-state index contributed by atoms with van der Waals surface area (Å²) in [7, 11) is 0. The zero-order chi connectivity index (χ0) is 27.1. The maximum Gasteiger partial charge on any atom is 0.269 e. The molecule has 12 heteroatoms. The Morgan fingerprint density at radius 3 is 2.54 bits per heavy atom. The Morgan fingerprint density at radius 1 is 1.19 bits per heavy atom. The second kappa shape index (κ2) is 12.7. The summed E-state index contributed by atoms with van der Waals surface area (Å²) in [6.45, 7) is 8.30. The number of benzene rings is 2. The van der Waals surface area contributed by atoms with Crippen molar-refractivity contribution in [2.75, 3.05) is 11.1 Å². The van der Waals surface area contributed by atoms with Gasteiger partial charge < -0.3 is 15.2 Å². The molecule has 3 aromatic rings. The molecule has 0 bridgehead atoms. The van der Waals surface area contributed by atoms with Gasteiger partial charge in [0.2, 0.25) is 5.91 Å². The number of rotatable bonds is 11. The smallest absolute Gasteiger partial charge is 0.269 e. The van der Waals surface area contributed by atoms with Crippen LogP contribution in [0, 0.1) is 23.0 Å². The first-order chi connectivity index (χ1) is 17.6. The molecule has 0 saturated carbocycles. The molecule has 0 aliphatic carbocycles. The number of aryl methyl sites for hydroxylation is 1. The quantitative estimate of drug-likeness (QED) is 0.187. The molecular formula is C25H29ClN6O4S. The minimum atomic E-state index is -0.479. The molecule has 1 atom stereocenters. The fourth-order valence-corrected chi connectivity index (χ4v) is 4.79. The minimum Gasteiger partial charge on any atom is -0.342 e. The van der Waals surface area contributed by atoms with Gasteiger partial charge in [-0.1, -0.05) is 49.3 Å². The molecule has 0 saturated heterocycles. The molecule has 0 spiro atoms. The first-order valence-electron chi connectivity index (χ1n) is 11.8. The van der Waals surface area contributed by atoms with Crippen LogP contribution in [0.5, 0.6) is 0 Å². The van der Waals surface area contributed by atoms with E-state index in [0.29, 0.717) is 45.8 Å². The van der Waals surface area contributed by atoms with E-state index >= 15 is 0 Å². The molecular weight excluding hydrogens is 516 g/mol. The zero-order valence-electron chi connectivity index (χ0n) is 21.0. The fraction of sp³-hybridized carbons (Fsp3) is 0.360. The third-order valence-electron chi connectivity index (χ3n) is 5.53. The molecule has 2 amide bonds. The van der Waals surface area contributed by atoms with Crippen LogP contribution in [0.1, 0.15) is 55.0 Å². The van der Waals surface area contributed by atoms with Crippen LogP contribution in [-0.4, -0.2) is 37.3 Å². The number of halogens is 1. The van der Waals surface area contributed by atoms with Gasteiger partial charge in [-0.05, 0) is 49.9 Å². The van der Waals surface area contributed by atoms with Crippen LogP contribution in [0.2, 0.25) is 5.02 Å². The number of hydrogen-bond acceptors (Lipinski definition) is 7. The molecule has 2 aromatic carbocycles. The summed E-state index contributed by atoms with van der Waals surface area (Å²) in [5.41, 5.74) is 1.45. The number of nitro groups is 1. The summed E-state index contributed by atoms with van der Waals surface area (Å²) >= 11 is 7.44. The van der Waals surface area contributed by atoms with Crippen LogP contribution in [0.25, 0.3) is 0 Å². The van der Waals surface area contributed by atoms with Crippen molar-refractivity contribution in [2.45, 2.75) is 51.9 Å². The topological polar surface area (TPSA) is 132 Å². The van der Waals surface area contributed by atoms with E-state index in [2.05, 4.69) is 34.7 Å². The van der Waals surface area contributed by atoms with E-state index in [0.717, 1.165) is 0 Å². The Hall–Kier alpha value is -3.44. The SMILES string of the molecule is CCn1c(SCC(=O)Nc2ccc([N+](=O)[O-])cc2C)nnc1[C@@H](CC(C)C)NC(=O)c1ccccc1Cl. The molecule has 2 N–H and O–H groups in total. The summed E-state index contributed by atoms with van der Waals surface area (Å²) in [4.78, 5) is 36.0. The van der Waals surface area contributed by atoms with Crippen molar-refractivity contribution in [3.05, 3.63) is 74.6 Å². The Kier molecular flexibility index (Phi) is 9.65. The largest absolute Gasteiger partial charge is 0.342 e. The Bertz CT molecular complexity index is 1300. The van der Waals surface area contributed by atoms with Crippen molar-refractivity contribution in [1.29, 1.82) is 0 Å². The van der Waals surface area contributed by atoms with Crippen molar-refractivity contribution in [3.8, 4) is 0 Å². The number of nitrogens with zero attached hydrogens (tertiary/aromatic N) is 4. The summed E-state index contributed by atoms with van der Waals surface area (Å²) in [5, 5.41) is 26.3. The monoisotopic (exact) mass is 544 g/mol. The maximum atomic E-state index is 13.0. The molecule has 3 rings (SSSR count). The number of amides is 2. The molecule has 1 aromatic heterocycles. The van der Waals surface area contributed by atoms with Crippen molar-refractivity contribution in [1.82, 2.24) is 20.1 Å². The number of aromatic nitrogens is 3. The van der Waals surface area contributed by atoms with Crippen LogP contribution >= 0.6 is 23.4 Å². The van der Waals surface area contributed by atoms with Crippen molar-refractivity contribution >= 4 is 46.6 Å². The Morgan fingerprint density at radius 2 is 1.92 bits per heavy atom. The average molecular weight is 545 g/mol. The van der Waals surface area contributed by atoms with Gasteiger partial charge in [-0.25, -0.2) is 0 Å². The van der Waals surface area contributed by atoms with Crippen molar-refractivity contribution in [2.24, 2.45) is 5.92 Å². The number of carbonyl (C=O) groups is 2. The molecule has 0 aliphatic heterocycles. The third kappa shape index (κ3) is 7.30. The average Bonchev–Trinajstić information content (AvgIpc) is 3.26. The number of anilines is 1. The van der Waals surface area contributed by atoms with E-state index in [4.69, 9.17) is 11.6 Å². The lowest BCUT2D eigenvalue weighted by molar-refractivity contribution is -0.384. The van der Waals surface area contributed by atoms with Gasteiger partial charge in [0, 0.05) is 24.4 Å². The number of thioether (sulfide) groups is 1. The lowest BCUT2D eigenvalue weighted by Gasteiger charge is -2.21. The van der Waals surface area contributed by atoms with Gasteiger partial charge in [-0.3, -0.25) is 19.7 Å². The minimum absolute atomic E-state index is 0.0361. The second-order valence-corrected chi connectivity index (χ2v) is 10.2. The standard InChI is InChI=1S/C25H29ClN6O4S/c1-5-31-23(21(12-15(2)3)28-24(34)18-8-6-7-9-19(18)26)29-30-25(31)37-14-22(33)27-20-11-10-17(32(35)36)13-16(20)4/h6-11,13,15,21H,5,12,14H2,1-4H3,(H,27,33)(H,28,34)/t21-/m1/s1. The highest BCUT2D eigenvalue weighted by atomic mass is 35.5. The Labute approximate surface area is 224 Å². The van der Waals surface area contributed by atoms with Gasteiger partial charge in [-0.15, -0.1) is 10.2 Å². The van der Waals surface area contributed by atoms with Crippen LogP contribution in [-0.2, 0) is 11.3 Å². The van der Waals surface area contributed by atoms with Gasteiger partial charge >= 0.3 is 0 Å². The molecule has 196 valence electrons. The lowest BCUT2D eigenvalue weighted by Crippen LogP contribution is -2.31. The van der Waals surface area contributed by atoms with E-state index in [-0.39, 0.29) is 29.2 Å². The molecule has 10 nitrogen and oxygen atoms in total. The predicted octanol–water partition coefficient (Wildman–Crippen LogP) is 5.42. The first kappa shape index (κ1) is 28.1. The summed E-state index contributed by atoms with van der Waals surface area (Å²) in [5.74, 6) is 0.361. The molecule has 37 heavy (non-hydrogen) atoms. The van der Waals surface area contributed by atoms with Crippen molar-refractivity contribution < 1.29 is 14.5 Å². The van der Waals surface area contributed by atoms with E-state index in [1.54, 1.807) is 31.2 Å². The number of carbonyl (C=O) groups excluding carboxylic acids is 2. The summed E-state index contributed by atoms with van der Waals surface area (Å²) in [6.07, 6.45) is 0.638. The van der Waals surface area contributed by atoms with Gasteiger partial charge in [-0.2, -0.15) is 0 Å². The highest BCUT2D eigenvalue weighted by Gasteiger charge is 2.25. The fourth-order valence-electron chi connectivity index (χ4n) is 3.76. The van der Waals surface area contributed by atoms with Crippen LogP contribution < -0.4 is 10.6 Å². The Balaban J connectivity index is 1.73. The van der Waals surface area contributed by atoms with Crippen LogP contribution in [0.4, 0.5) is 11.4 Å². The molecule has 0 unspecified atom stereocenters. The van der Waals surface area contributed by atoms with Crippen LogP contribution in [0.3, 0.4) is 0 Å². The lowest BCUT2D eigenvalue weighted by atomic mass is 10.0. The van der Waals surface area contributed by atoms with E-state index in [9.17, 15) is 19.7 Å². The zero-order valence-corrected chi connectivity index (χ0v) is 22.6. The highest BCUT2D eigenvalue weighted by Crippen LogP contribution is 2.27. The van der Waals surface area contributed by atoms with Crippen molar-refractivity contribution in [3.63, 3.8) is 0 Å². The van der Waals surface area contributed by atoms with Gasteiger partial charge in [0.05, 0.1) is 27.3 Å². The second-order valence-electron chi connectivity index (χ2n) is 8.81. The normalized spacial score (nSPS) is 11.8. The molecule has 0 fully saturated rings. The first-order valence-corrected chi connectivity index (χ1v) is 13.1. The van der Waals surface area contributed by atoms with E-state index in [1.807, 2.05) is 11.5 Å². The summed E-state index contributed by atoms with van der Waals surface area (Å²) < 4.78 is 1.88. The molecule has 0 radical (unpaired) electrons. The highest BCUT2D eigenvalue weighted by molar-refractivity contribution is 7.99. The number of hydrogen-bond donors (Lipinski definition) is 2. The summed E-state index contributed by atoms with van der Waals surface area (Å²) in [6, 6.07) is 10.7. The van der Waals surface area contributed by atoms with Gasteiger partial charge in [0.15, 0.2) is 11.0 Å². The maximum absolute atomic E-state index is 13.0. The number of non-ortho nitro benzene ring substituents is 1. The molecule has 0 aliphatic rings. The van der Waals surface area contributed by atoms with Gasteiger partial charge in [0.1, 0.15) is 0 Å². The third-order valence-corrected chi connectivity index (χ3v) is 6.83. The number of nitrogens with one attached hydrogen (secondary N) is 2. The van der Waals surface area contributed by atoms with E-state index in [1.165, 1.54) is 30.0 Å². The molecule has 1 heterocycles. The number of nitro benzene ring substituents is 1. The van der Waals surface area contributed by atoms with Crippen LogP contribution in [0.15, 0.2) is 47.6 Å². The van der Waals surface area contributed by atoms with Gasteiger partial charge in [0.25, 0.3) is 11.6 Å². The van der Waals surface area contributed by atoms with E-state index < -0.39 is 11.0 Å².